The molecule has 0 aromatic carbocycles. The van der Waals surface area contributed by atoms with E-state index in [-0.39, 0.29) is 12.3 Å². The standard InChI is InChI=1S/C11H9Br2N3O3/c1-2-18-9(17)4-8-15-11(16-19-8)10-7(13)3-6(12)5-14-10/h3,5H,2,4H2,1H3. The lowest BCUT2D eigenvalue weighted by Gasteiger charge is -1.98. The van der Waals surface area contributed by atoms with Crippen LogP contribution in [0.1, 0.15) is 12.8 Å². The maximum absolute atomic E-state index is 11.3. The third-order valence-corrected chi connectivity index (χ3v) is 3.13. The van der Waals surface area contributed by atoms with Crippen LogP contribution in [0.5, 0.6) is 0 Å². The smallest absolute Gasteiger partial charge is 0.315 e. The maximum atomic E-state index is 11.3. The van der Waals surface area contributed by atoms with E-state index in [9.17, 15) is 4.79 Å². The molecule has 2 aromatic heterocycles. The van der Waals surface area contributed by atoms with Gasteiger partial charge in [0.1, 0.15) is 12.1 Å². The van der Waals surface area contributed by atoms with Crippen LogP contribution in [-0.4, -0.2) is 27.7 Å². The number of rotatable bonds is 4. The summed E-state index contributed by atoms with van der Waals surface area (Å²) >= 11 is 6.67. The largest absolute Gasteiger partial charge is 0.466 e. The SMILES string of the molecule is CCOC(=O)Cc1nc(-c2ncc(Br)cc2Br)no1. The van der Waals surface area contributed by atoms with E-state index in [2.05, 4.69) is 47.0 Å². The van der Waals surface area contributed by atoms with Gasteiger partial charge in [-0.25, -0.2) is 0 Å². The summed E-state index contributed by atoms with van der Waals surface area (Å²) in [5.74, 6) is 0.115. The first-order valence-corrected chi connectivity index (χ1v) is 6.98. The van der Waals surface area contributed by atoms with Crippen LogP contribution < -0.4 is 0 Å². The van der Waals surface area contributed by atoms with E-state index in [0.717, 1.165) is 8.95 Å². The number of hydrogen-bond donors (Lipinski definition) is 0. The Bertz CT molecular complexity index is 601. The van der Waals surface area contributed by atoms with Gasteiger partial charge in [-0.1, -0.05) is 5.16 Å². The molecule has 8 heteroatoms. The second kappa shape index (κ2) is 6.25. The van der Waals surface area contributed by atoms with Crippen LogP contribution in [0.15, 0.2) is 25.7 Å². The van der Waals surface area contributed by atoms with Crippen molar-refractivity contribution in [3.05, 3.63) is 27.1 Å². The van der Waals surface area contributed by atoms with E-state index in [0.29, 0.717) is 18.1 Å². The van der Waals surface area contributed by atoms with Crippen molar-refractivity contribution in [2.75, 3.05) is 6.61 Å². The van der Waals surface area contributed by atoms with Gasteiger partial charge in [0.15, 0.2) is 0 Å². The average Bonchev–Trinajstić information content (AvgIpc) is 2.77. The van der Waals surface area contributed by atoms with E-state index in [1.165, 1.54) is 0 Å². The van der Waals surface area contributed by atoms with Crippen molar-refractivity contribution in [1.82, 2.24) is 15.1 Å². The summed E-state index contributed by atoms with van der Waals surface area (Å²) in [5.41, 5.74) is 0.544. The first-order chi connectivity index (χ1) is 9.10. The van der Waals surface area contributed by atoms with Crippen LogP contribution in [0.2, 0.25) is 0 Å². The second-order valence-electron chi connectivity index (χ2n) is 3.48. The minimum Gasteiger partial charge on any atom is -0.466 e. The molecule has 0 amide bonds. The van der Waals surface area contributed by atoms with Crippen LogP contribution in [0.3, 0.4) is 0 Å². The lowest BCUT2D eigenvalue weighted by molar-refractivity contribution is -0.142. The van der Waals surface area contributed by atoms with Crippen LogP contribution in [0.4, 0.5) is 0 Å². The topological polar surface area (TPSA) is 78.1 Å². The van der Waals surface area contributed by atoms with E-state index >= 15 is 0 Å². The van der Waals surface area contributed by atoms with E-state index in [1.807, 2.05) is 6.07 Å². The molecule has 100 valence electrons. The number of ether oxygens (including phenoxy) is 1. The first kappa shape index (κ1) is 14.1. The van der Waals surface area contributed by atoms with Gasteiger partial charge in [0, 0.05) is 15.1 Å². The van der Waals surface area contributed by atoms with Gasteiger partial charge >= 0.3 is 5.97 Å². The van der Waals surface area contributed by atoms with Crippen LogP contribution in [0.25, 0.3) is 11.5 Å². The van der Waals surface area contributed by atoms with Crippen molar-refractivity contribution >= 4 is 37.8 Å². The van der Waals surface area contributed by atoms with Gasteiger partial charge in [0.25, 0.3) is 0 Å². The summed E-state index contributed by atoms with van der Waals surface area (Å²) in [5, 5.41) is 3.79. The number of esters is 1. The molecule has 0 aliphatic heterocycles. The maximum Gasteiger partial charge on any atom is 0.315 e. The molecule has 2 rings (SSSR count). The van der Waals surface area contributed by atoms with Crippen LogP contribution in [-0.2, 0) is 16.0 Å². The Balaban J connectivity index is 2.18. The molecule has 6 nitrogen and oxygen atoms in total. The highest BCUT2D eigenvalue weighted by Gasteiger charge is 2.16. The number of aromatic nitrogens is 3. The molecule has 0 radical (unpaired) electrons. The number of carbonyl (C=O) groups is 1. The van der Waals surface area contributed by atoms with Crippen molar-refractivity contribution in [2.45, 2.75) is 13.3 Å². The Kier molecular flexibility index (Phi) is 4.65. The monoisotopic (exact) mass is 389 g/mol. The van der Waals surface area contributed by atoms with Crippen molar-refractivity contribution in [3.8, 4) is 11.5 Å². The average molecular weight is 391 g/mol. The summed E-state index contributed by atoms with van der Waals surface area (Å²) in [7, 11) is 0. The van der Waals surface area contributed by atoms with Crippen molar-refractivity contribution < 1.29 is 14.1 Å². The minimum atomic E-state index is -0.402. The zero-order chi connectivity index (χ0) is 13.8. The Hall–Kier alpha value is -1.28. The van der Waals surface area contributed by atoms with Crippen LogP contribution >= 0.6 is 31.9 Å². The van der Waals surface area contributed by atoms with Gasteiger partial charge in [-0.15, -0.1) is 0 Å². The Labute approximate surface area is 125 Å². The summed E-state index contributed by atoms with van der Waals surface area (Å²) in [6, 6.07) is 1.82. The number of pyridine rings is 1. The molecule has 0 aliphatic rings. The van der Waals surface area contributed by atoms with Gasteiger partial charge < -0.3 is 9.26 Å². The van der Waals surface area contributed by atoms with Gasteiger partial charge in [-0.05, 0) is 44.8 Å². The fraction of sp³-hybridized carbons (Fsp3) is 0.273. The molecule has 0 atom stereocenters. The first-order valence-electron chi connectivity index (χ1n) is 5.39. The number of halogens is 2. The number of hydrogen-bond acceptors (Lipinski definition) is 6. The van der Waals surface area contributed by atoms with Gasteiger partial charge in [-0.3, -0.25) is 9.78 Å². The summed E-state index contributed by atoms with van der Waals surface area (Å²) in [6.45, 7) is 2.06. The molecule has 0 bridgehead atoms. The molecule has 0 N–H and O–H groups in total. The Morgan fingerprint density at radius 2 is 2.26 bits per heavy atom. The van der Waals surface area contributed by atoms with Crippen molar-refractivity contribution in [1.29, 1.82) is 0 Å². The minimum absolute atomic E-state index is 0.0466. The van der Waals surface area contributed by atoms with E-state index in [4.69, 9.17) is 9.26 Å². The quantitative estimate of drug-likeness (QED) is 0.747. The van der Waals surface area contributed by atoms with E-state index < -0.39 is 5.97 Å². The van der Waals surface area contributed by atoms with Crippen molar-refractivity contribution in [3.63, 3.8) is 0 Å². The van der Waals surface area contributed by atoms with Gasteiger partial charge in [0.05, 0.1) is 6.61 Å². The lowest BCUT2D eigenvalue weighted by atomic mass is 10.3. The Morgan fingerprint density at radius 1 is 1.47 bits per heavy atom. The predicted octanol–water partition coefficient (Wildman–Crippen LogP) is 2.76. The molecule has 0 saturated heterocycles. The van der Waals surface area contributed by atoms with Crippen LogP contribution in [0, 0.1) is 0 Å². The summed E-state index contributed by atoms with van der Waals surface area (Å²) in [4.78, 5) is 19.6. The zero-order valence-corrected chi connectivity index (χ0v) is 13.1. The summed E-state index contributed by atoms with van der Waals surface area (Å²) < 4.78 is 11.3. The van der Waals surface area contributed by atoms with Gasteiger partial charge in [0.2, 0.25) is 11.7 Å². The fourth-order valence-electron chi connectivity index (χ4n) is 1.34. The molecule has 0 unspecified atom stereocenters. The predicted molar refractivity (Wildman–Crippen MR) is 73.3 cm³/mol. The highest BCUT2D eigenvalue weighted by Crippen LogP contribution is 2.26. The molecule has 2 aromatic rings. The Morgan fingerprint density at radius 3 is 2.95 bits per heavy atom. The highest BCUT2D eigenvalue weighted by molar-refractivity contribution is 9.11. The lowest BCUT2D eigenvalue weighted by Crippen LogP contribution is -2.07. The van der Waals surface area contributed by atoms with Crippen molar-refractivity contribution in [2.24, 2.45) is 0 Å². The third-order valence-electron chi connectivity index (χ3n) is 2.09. The molecule has 0 saturated carbocycles. The number of nitrogens with zero attached hydrogens (tertiary/aromatic N) is 3. The highest BCUT2D eigenvalue weighted by atomic mass is 79.9. The normalized spacial score (nSPS) is 10.5. The summed E-state index contributed by atoms with van der Waals surface area (Å²) in [6.07, 6.45) is 1.58. The fourth-order valence-corrected chi connectivity index (χ4v) is 2.50. The second-order valence-corrected chi connectivity index (χ2v) is 5.25. The van der Waals surface area contributed by atoms with E-state index in [1.54, 1.807) is 13.1 Å². The molecule has 19 heavy (non-hydrogen) atoms. The molecule has 0 aliphatic carbocycles. The molecular weight excluding hydrogens is 382 g/mol. The zero-order valence-electron chi connectivity index (χ0n) is 9.89. The molecular formula is C11H9Br2N3O3. The molecule has 0 spiro atoms. The number of carbonyl (C=O) groups excluding carboxylic acids is 1. The van der Waals surface area contributed by atoms with Gasteiger partial charge in [-0.2, -0.15) is 4.98 Å². The third kappa shape index (κ3) is 3.60. The molecule has 0 fully saturated rings. The molecule has 2 heterocycles.